The summed E-state index contributed by atoms with van der Waals surface area (Å²) in [5.74, 6) is -0.0900. The lowest BCUT2D eigenvalue weighted by Gasteiger charge is -2.40. The van der Waals surface area contributed by atoms with Crippen molar-refractivity contribution in [3.05, 3.63) is 236 Å². The molecule has 0 fully saturated rings. The van der Waals surface area contributed by atoms with E-state index in [4.69, 9.17) is 0 Å². The fourth-order valence-corrected chi connectivity index (χ4v) is 10.9. The van der Waals surface area contributed by atoms with E-state index in [2.05, 4.69) is 231 Å². The van der Waals surface area contributed by atoms with E-state index in [0.29, 0.717) is 0 Å². The SMILES string of the molecule is CC12C=CC(c3ccc4c5ccccc5c5ccccc5c4c3)=CC1c1cc(-c3cccc(-c4ccccc4)c3)cc3c4cc(-c5cccc(-c6ccccc6)c5)ccc4n(c13)C2=O. The highest BCUT2D eigenvalue weighted by Gasteiger charge is 2.47. The molecule has 0 bridgehead atoms. The summed E-state index contributed by atoms with van der Waals surface area (Å²) >= 11 is 0. The van der Waals surface area contributed by atoms with Crippen molar-refractivity contribution in [2.75, 3.05) is 0 Å². The molecule has 2 heteroatoms. The quantitative estimate of drug-likeness (QED) is 0.159. The fraction of sp³-hybridized carbons (Fsp3) is 0.0484. The van der Waals surface area contributed by atoms with E-state index in [-0.39, 0.29) is 11.8 Å². The van der Waals surface area contributed by atoms with Crippen molar-refractivity contribution in [1.82, 2.24) is 4.57 Å². The van der Waals surface area contributed by atoms with Crippen molar-refractivity contribution < 1.29 is 4.79 Å². The van der Waals surface area contributed by atoms with E-state index < -0.39 is 5.41 Å². The molecule has 0 spiro atoms. The second-order valence-corrected chi connectivity index (χ2v) is 17.8. The predicted molar refractivity (Wildman–Crippen MR) is 269 cm³/mol. The van der Waals surface area contributed by atoms with Crippen LogP contribution in [0.4, 0.5) is 0 Å². The minimum absolute atomic E-state index is 0.102. The predicted octanol–water partition coefficient (Wildman–Crippen LogP) is 16.3. The molecule has 2 atom stereocenters. The summed E-state index contributed by atoms with van der Waals surface area (Å²) in [5, 5.41) is 9.71. The first-order valence-corrected chi connectivity index (χ1v) is 22.2. The lowest BCUT2D eigenvalue weighted by atomic mass is 9.66. The summed E-state index contributed by atoms with van der Waals surface area (Å²) in [5.41, 5.74) is 13.9. The van der Waals surface area contributed by atoms with Crippen LogP contribution >= 0.6 is 0 Å². The Morgan fingerprint density at radius 3 is 1.48 bits per heavy atom. The van der Waals surface area contributed by atoms with Gasteiger partial charge in [-0.3, -0.25) is 9.36 Å². The Bertz CT molecular complexity index is 3780. The van der Waals surface area contributed by atoms with Gasteiger partial charge in [0.15, 0.2) is 0 Å². The standard InChI is InChI=1S/C62H41NO/c1-62-31-30-47(45-26-28-53-51-24-9-8-22-49(51)50-23-10-11-25-52(50)54(53)34-45)38-58(62)57-37-48(44-21-13-19-42(33-44)40-16-6-3-7-17-40)36-56-55-35-46(27-29-59(55)63(60(56)57)61(62)64)43-20-12-18-41(32-43)39-14-4-2-5-15-39/h2-38,58H,1H3. The van der Waals surface area contributed by atoms with Crippen LogP contribution in [0.15, 0.2) is 224 Å². The number of benzene rings is 10. The summed E-state index contributed by atoms with van der Waals surface area (Å²) < 4.78 is 2.03. The van der Waals surface area contributed by atoms with Crippen LogP contribution in [0.1, 0.15) is 28.8 Å². The molecule has 2 heterocycles. The van der Waals surface area contributed by atoms with E-state index in [1.54, 1.807) is 0 Å². The Hall–Kier alpha value is -8.07. The minimum atomic E-state index is -0.803. The van der Waals surface area contributed by atoms with Gasteiger partial charge < -0.3 is 0 Å². The molecule has 1 aliphatic heterocycles. The van der Waals surface area contributed by atoms with E-state index in [0.717, 1.165) is 55.2 Å². The van der Waals surface area contributed by atoms with E-state index >= 15 is 4.79 Å². The molecule has 0 radical (unpaired) electrons. The maximum absolute atomic E-state index is 15.3. The van der Waals surface area contributed by atoms with Crippen molar-refractivity contribution in [3.63, 3.8) is 0 Å². The normalized spacial score (nSPS) is 16.8. The zero-order valence-electron chi connectivity index (χ0n) is 35.3. The second-order valence-electron chi connectivity index (χ2n) is 17.8. The molecule has 13 rings (SSSR count). The van der Waals surface area contributed by atoms with Gasteiger partial charge in [0.05, 0.1) is 16.4 Å². The average molecular weight is 816 g/mol. The van der Waals surface area contributed by atoms with Crippen LogP contribution in [0.25, 0.3) is 104 Å². The van der Waals surface area contributed by atoms with Crippen molar-refractivity contribution >= 4 is 65.6 Å². The number of hydrogen-bond donors (Lipinski definition) is 0. The van der Waals surface area contributed by atoms with Crippen LogP contribution in [0.3, 0.4) is 0 Å². The number of fused-ring (bicyclic) bond motifs is 11. The zero-order chi connectivity index (χ0) is 42.5. The van der Waals surface area contributed by atoms with Gasteiger partial charge in [0.25, 0.3) is 0 Å². The first-order valence-electron chi connectivity index (χ1n) is 22.2. The molecular weight excluding hydrogens is 775 g/mol. The molecule has 0 saturated heterocycles. The topological polar surface area (TPSA) is 22.0 Å². The molecule has 2 nitrogen and oxygen atoms in total. The summed E-state index contributed by atoms with van der Waals surface area (Å²) in [6.07, 6.45) is 6.76. The van der Waals surface area contributed by atoms with Gasteiger partial charge in [-0.15, -0.1) is 0 Å². The van der Waals surface area contributed by atoms with Crippen LogP contribution in [-0.2, 0) is 0 Å². The smallest absolute Gasteiger partial charge is 0.242 e. The third-order valence-corrected chi connectivity index (χ3v) is 14.2. The average Bonchev–Trinajstić information content (AvgIpc) is 3.70. The van der Waals surface area contributed by atoms with Crippen LogP contribution in [-0.4, -0.2) is 10.5 Å². The van der Waals surface area contributed by atoms with Gasteiger partial charge in [-0.2, -0.15) is 0 Å². The Morgan fingerprint density at radius 2 is 0.859 bits per heavy atom. The number of hydrogen-bond acceptors (Lipinski definition) is 1. The molecule has 0 N–H and O–H groups in total. The van der Waals surface area contributed by atoms with Gasteiger partial charge in [0.2, 0.25) is 5.91 Å². The lowest BCUT2D eigenvalue weighted by molar-refractivity contribution is 0.0762. The summed E-state index contributed by atoms with van der Waals surface area (Å²) in [7, 11) is 0. The summed E-state index contributed by atoms with van der Waals surface area (Å²) in [6.45, 7) is 2.14. The first-order chi connectivity index (χ1) is 31.5. The third-order valence-electron chi connectivity index (χ3n) is 14.2. The number of rotatable bonds is 5. The van der Waals surface area contributed by atoms with Gasteiger partial charge in [0, 0.05) is 16.7 Å². The molecule has 64 heavy (non-hydrogen) atoms. The molecule has 11 aromatic rings. The number of nitrogens with zero attached hydrogens (tertiary/aromatic N) is 1. The monoisotopic (exact) mass is 815 g/mol. The second kappa shape index (κ2) is 14.0. The van der Waals surface area contributed by atoms with Crippen molar-refractivity contribution in [1.29, 1.82) is 0 Å². The van der Waals surface area contributed by atoms with Gasteiger partial charge >= 0.3 is 0 Å². The highest BCUT2D eigenvalue weighted by Crippen LogP contribution is 2.53. The van der Waals surface area contributed by atoms with E-state index in [9.17, 15) is 0 Å². The van der Waals surface area contributed by atoms with Crippen LogP contribution < -0.4 is 0 Å². The Kier molecular flexibility index (Phi) is 7.98. The Morgan fingerprint density at radius 1 is 0.391 bits per heavy atom. The van der Waals surface area contributed by atoms with Crippen molar-refractivity contribution in [2.24, 2.45) is 5.41 Å². The fourth-order valence-electron chi connectivity index (χ4n) is 10.9. The van der Waals surface area contributed by atoms with E-state index in [1.807, 2.05) is 4.57 Å². The molecule has 2 aliphatic rings. The van der Waals surface area contributed by atoms with Gasteiger partial charge in [-0.05, 0) is 143 Å². The van der Waals surface area contributed by atoms with Crippen LogP contribution in [0, 0.1) is 5.41 Å². The minimum Gasteiger partial charge on any atom is -0.279 e. The summed E-state index contributed by atoms with van der Waals surface area (Å²) in [4.78, 5) is 15.3. The molecular formula is C62H41NO. The third kappa shape index (κ3) is 5.49. The zero-order valence-corrected chi connectivity index (χ0v) is 35.3. The molecule has 1 aliphatic carbocycles. The Balaban J connectivity index is 1.03. The van der Waals surface area contributed by atoms with Crippen molar-refractivity contribution in [3.8, 4) is 44.5 Å². The Labute approximate surface area is 371 Å². The maximum atomic E-state index is 15.3. The highest BCUT2D eigenvalue weighted by molar-refractivity contribution is 6.26. The number of carbonyl (C=O) groups excluding carboxylic acids is 1. The van der Waals surface area contributed by atoms with Crippen LogP contribution in [0.2, 0.25) is 0 Å². The number of allylic oxidation sites excluding steroid dienone is 4. The van der Waals surface area contributed by atoms with E-state index in [1.165, 1.54) is 60.1 Å². The van der Waals surface area contributed by atoms with Gasteiger partial charge in [-0.25, -0.2) is 0 Å². The maximum Gasteiger partial charge on any atom is 0.242 e. The number of aromatic nitrogens is 1. The van der Waals surface area contributed by atoms with Gasteiger partial charge in [-0.1, -0.05) is 182 Å². The molecule has 0 saturated carbocycles. The highest BCUT2D eigenvalue weighted by atomic mass is 16.2. The molecule has 0 amide bonds. The van der Waals surface area contributed by atoms with Gasteiger partial charge in [0.1, 0.15) is 0 Å². The van der Waals surface area contributed by atoms with Crippen LogP contribution in [0.5, 0.6) is 0 Å². The molecule has 2 unspecified atom stereocenters. The molecule has 300 valence electrons. The molecule has 10 aromatic carbocycles. The van der Waals surface area contributed by atoms with Crippen molar-refractivity contribution in [2.45, 2.75) is 12.8 Å². The molecule has 1 aromatic heterocycles. The largest absolute Gasteiger partial charge is 0.279 e. The summed E-state index contributed by atoms with van der Waals surface area (Å²) in [6, 6.07) is 74.5. The lowest BCUT2D eigenvalue weighted by Crippen LogP contribution is -2.40. The number of carbonyl (C=O) groups is 1. The first kappa shape index (κ1) is 36.6.